The monoisotopic (exact) mass is 353 g/mol. The van der Waals surface area contributed by atoms with Gasteiger partial charge in [0.1, 0.15) is 0 Å². The molecule has 2 N–H and O–H groups in total. The number of aliphatic hydroxyl groups excluding tert-OH is 1. The van der Waals surface area contributed by atoms with Crippen molar-refractivity contribution in [1.29, 1.82) is 0 Å². The SMILES string of the molecule is CC(=O)NC[C@H]1[C@@H](c2ccccc2)[C@H](CO)N1C(=O)Cc1cccnc1. The number of benzene rings is 1. The average Bonchev–Trinajstić information content (AvgIpc) is 2.62. The second-order valence-corrected chi connectivity index (χ2v) is 6.53. The first kappa shape index (κ1) is 18.1. The van der Waals surface area contributed by atoms with Crippen LogP contribution in [0.15, 0.2) is 54.9 Å². The Balaban J connectivity index is 1.81. The summed E-state index contributed by atoms with van der Waals surface area (Å²) in [6.45, 7) is 1.71. The first-order chi connectivity index (χ1) is 12.6. The summed E-state index contributed by atoms with van der Waals surface area (Å²) in [7, 11) is 0. The fourth-order valence-corrected chi connectivity index (χ4v) is 3.68. The van der Waals surface area contributed by atoms with E-state index in [4.69, 9.17) is 0 Å². The third-order valence-electron chi connectivity index (χ3n) is 4.84. The Kier molecular flexibility index (Phi) is 5.63. The van der Waals surface area contributed by atoms with Crippen LogP contribution in [0.2, 0.25) is 0 Å². The van der Waals surface area contributed by atoms with Gasteiger partial charge in [-0.15, -0.1) is 0 Å². The second kappa shape index (κ2) is 8.10. The highest BCUT2D eigenvalue weighted by Gasteiger charge is 2.50. The van der Waals surface area contributed by atoms with Gasteiger partial charge in [-0.1, -0.05) is 36.4 Å². The predicted molar refractivity (Wildman–Crippen MR) is 97.3 cm³/mol. The van der Waals surface area contributed by atoms with Crippen LogP contribution in [0.4, 0.5) is 0 Å². The molecular formula is C20H23N3O3. The van der Waals surface area contributed by atoms with Crippen LogP contribution in [0.5, 0.6) is 0 Å². The lowest BCUT2D eigenvalue weighted by atomic mass is 9.74. The summed E-state index contributed by atoms with van der Waals surface area (Å²) in [4.78, 5) is 30.0. The molecule has 2 aromatic rings. The van der Waals surface area contributed by atoms with Crippen molar-refractivity contribution in [1.82, 2.24) is 15.2 Å². The van der Waals surface area contributed by atoms with Gasteiger partial charge in [-0.05, 0) is 17.2 Å². The largest absolute Gasteiger partial charge is 0.394 e. The quantitative estimate of drug-likeness (QED) is 0.815. The lowest BCUT2D eigenvalue weighted by Crippen LogP contribution is -2.68. The number of nitrogens with zero attached hydrogens (tertiary/aromatic N) is 2. The van der Waals surface area contributed by atoms with Crippen molar-refractivity contribution in [2.24, 2.45) is 0 Å². The molecule has 0 unspecified atom stereocenters. The Hall–Kier alpha value is -2.73. The van der Waals surface area contributed by atoms with Gasteiger partial charge >= 0.3 is 0 Å². The minimum absolute atomic E-state index is 0.00843. The number of hydrogen-bond acceptors (Lipinski definition) is 4. The third kappa shape index (κ3) is 3.75. The highest BCUT2D eigenvalue weighted by atomic mass is 16.3. The molecule has 0 radical (unpaired) electrons. The number of carbonyl (C=O) groups is 2. The smallest absolute Gasteiger partial charge is 0.227 e. The lowest BCUT2D eigenvalue weighted by Gasteiger charge is -2.55. The third-order valence-corrected chi connectivity index (χ3v) is 4.84. The highest BCUT2D eigenvalue weighted by Crippen LogP contribution is 2.40. The lowest BCUT2D eigenvalue weighted by molar-refractivity contribution is -0.150. The second-order valence-electron chi connectivity index (χ2n) is 6.53. The fraction of sp³-hybridized carbons (Fsp3) is 0.350. The van der Waals surface area contributed by atoms with Crippen LogP contribution >= 0.6 is 0 Å². The summed E-state index contributed by atoms with van der Waals surface area (Å²) >= 11 is 0. The molecule has 26 heavy (non-hydrogen) atoms. The number of carbonyl (C=O) groups excluding carboxylic acids is 2. The minimum atomic E-state index is -0.291. The first-order valence-electron chi connectivity index (χ1n) is 8.72. The van der Waals surface area contributed by atoms with Crippen LogP contribution in [0, 0.1) is 0 Å². The summed E-state index contributed by atoms with van der Waals surface area (Å²) in [6, 6.07) is 13.0. The molecule has 1 aliphatic rings. The van der Waals surface area contributed by atoms with Crippen LogP contribution < -0.4 is 5.32 Å². The molecule has 0 bridgehead atoms. The number of nitrogens with one attached hydrogen (secondary N) is 1. The predicted octanol–water partition coefficient (Wildman–Crippen LogP) is 1.12. The van der Waals surface area contributed by atoms with Crippen molar-refractivity contribution in [2.45, 2.75) is 31.3 Å². The van der Waals surface area contributed by atoms with E-state index in [1.807, 2.05) is 36.4 Å². The van der Waals surface area contributed by atoms with Crippen molar-refractivity contribution in [2.75, 3.05) is 13.2 Å². The molecule has 1 saturated heterocycles. The van der Waals surface area contributed by atoms with E-state index in [0.717, 1.165) is 11.1 Å². The zero-order valence-corrected chi connectivity index (χ0v) is 14.7. The van der Waals surface area contributed by atoms with E-state index in [2.05, 4.69) is 10.3 Å². The van der Waals surface area contributed by atoms with Crippen molar-refractivity contribution >= 4 is 11.8 Å². The molecule has 6 heteroatoms. The molecule has 0 saturated carbocycles. The van der Waals surface area contributed by atoms with Gasteiger partial charge in [-0.2, -0.15) is 0 Å². The van der Waals surface area contributed by atoms with Gasteiger partial charge in [0.15, 0.2) is 0 Å². The molecule has 0 spiro atoms. The Morgan fingerprint density at radius 1 is 1.15 bits per heavy atom. The molecule has 136 valence electrons. The molecule has 1 fully saturated rings. The molecule has 3 rings (SSSR count). The van der Waals surface area contributed by atoms with E-state index < -0.39 is 0 Å². The number of likely N-dealkylation sites (tertiary alicyclic amines) is 1. The van der Waals surface area contributed by atoms with Crippen molar-refractivity contribution in [3.05, 3.63) is 66.0 Å². The molecule has 2 amide bonds. The van der Waals surface area contributed by atoms with Gasteiger partial charge in [0, 0.05) is 31.8 Å². The maximum atomic E-state index is 12.9. The van der Waals surface area contributed by atoms with Gasteiger partial charge in [0.2, 0.25) is 11.8 Å². The topological polar surface area (TPSA) is 82.5 Å². The highest BCUT2D eigenvalue weighted by molar-refractivity contribution is 5.81. The standard InChI is InChI=1S/C20H23N3O3/c1-14(25)22-12-17-20(16-7-3-2-4-8-16)18(13-24)23(17)19(26)10-15-6-5-9-21-11-15/h2-9,11,17-18,20,24H,10,12-13H2,1H3,(H,22,25)/t17-,18-,20+/m0/s1. The van der Waals surface area contributed by atoms with Gasteiger partial charge < -0.3 is 15.3 Å². The maximum absolute atomic E-state index is 12.9. The zero-order valence-electron chi connectivity index (χ0n) is 14.7. The average molecular weight is 353 g/mol. The molecule has 1 aromatic carbocycles. The van der Waals surface area contributed by atoms with Gasteiger partial charge in [-0.3, -0.25) is 14.6 Å². The number of hydrogen-bond donors (Lipinski definition) is 2. The van der Waals surface area contributed by atoms with Crippen molar-refractivity contribution in [3.63, 3.8) is 0 Å². The number of aromatic nitrogens is 1. The van der Waals surface area contributed by atoms with Gasteiger partial charge in [-0.25, -0.2) is 0 Å². The maximum Gasteiger partial charge on any atom is 0.227 e. The Bertz CT molecular complexity index is 751. The van der Waals surface area contributed by atoms with E-state index in [1.54, 1.807) is 23.4 Å². The van der Waals surface area contributed by atoms with Crippen LogP contribution in [-0.4, -0.2) is 52.0 Å². The normalized spacial score (nSPS) is 21.8. The fourth-order valence-electron chi connectivity index (χ4n) is 3.68. The van der Waals surface area contributed by atoms with Crippen LogP contribution in [-0.2, 0) is 16.0 Å². The van der Waals surface area contributed by atoms with E-state index in [9.17, 15) is 14.7 Å². The van der Waals surface area contributed by atoms with Crippen LogP contribution in [0.3, 0.4) is 0 Å². The summed E-state index contributed by atoms with van der Waals surface area (Å²) in [6.07, 6.45) is 3.56. The first-order valence-corrected chi connectivity index (χ1v) is 8.72. The summed E-state index contributed by atoms with van der Waals surface area (Å²) < 4.78 is 0. The molecule has 2 heterocycles. The summed E-state index contributed by atoms with van der Waals surface area (Å²) in [5.74, 6) is -0.214. The number of aliphatic hydroxyl groups is 1. The molecule has 1 aromatic heterocycles. The van der Waals surface area contributed by atoms with E-state index >= 15 is 0 Å². The summed E-state index contributed by atoms with van der Waals surface area (Å²) in [5, 5.41) is 12.7. The zero-order chi connectivity index (χ0) is 18.5. The Morgan fingerprint density at radius 2 is 1.92 bits per heavy atom. The number of rotatable bonds is 6. The van der Waals surface area contributed by atoms with E-state index in [1.165, 1.54) is 6.92 Å². The van der Waals surface area contributed by atoms with Gasteiger partial charge in [0.05, 0.1) is 25.1 Å². The molecule has 1 aliphatic heterocycles. The molecule has 0 aliphatic carbocycles. The minimum Gasteiger partial charge on any atom is -0.394 e. The van der Waals surface area contributed by atoms with Crippen molar-refractivity contribution < 1.29 is 14.7 Å². The van der Waals surface area contributed by atoms with Crippen LogP contribution in [0.1, 0.15) is 24.0 Å². The van der Waals surface area contributed by atoms with Crippen molar-refractivity contribution in [3.8, 4) is 0 Å². The Morgan fingerprint density at radius 3 is 2.54 bits per heavy atom. The number of amides is 2. The van der Waals surface area contributed by atoms with Crippen LogP contribution in [0.25, 0.3) is 0 Å². The molecule has 3 atom stereocenters. The van der Waals surface area contributed by atoms with E-state index in [0.29, 0.717) is 6.54 Å². The summed E-state index contributed by atoms with van der Waals surface area (Å²) in [5.41, 5.74) is 1.89. The van der Waals surface area contributed by atoms with E-state index in [-0.39, 0.29) is 42.8 Å². The molecule has 6 nitrogen and oxygen atoms in total. The van der Waals surface area contributed by atoms with Gasteiger partial charge in [0.25, 0.3) is 0 Å². The molecular weight excluding hydrogens is 330 g/mol. The Labute approximate surface area is 152 Å². The number of pyridine rings is 1.